The molecule has 0 bridgehead atoms. The fourth-order valence-electron chi connectivity index (χ4n) is 3.37. The molecule has 2 heteroatoms. The second kappa shape index (κ2) is 7.91. The van der Waals surface area contributed by atoms with Gasteiger partial charge in [-0.25, -0.2) is 0 Å². The molecule has 0 saturated heterocycles. The summed E-state index contributed by atoms with van der Waals surface area (Å²) in [4.78, 5) is 3.42. The predicted octanol–water partition coefficient (Wildman–Crippen LogP) is 7.39. The van der Waals surface area contributed by atoms with Gasteiger partial charge in [-0.2, -0.15) is 0 Å². The first-order valence-electron chi connectivity index (χ1n) is 10.2. The first-order valence-corrected chi connectivity index (χ1v) is 11.4. The minimum atomic E-state index is -0.355. The van der Waals surface area contributed by atoms with Gasteiger partial charge >= 0.3 is 0 Å². The van der Waals surface area contributed by atoms with Gasteiger partial charge in [0.15, 0.2) is 15.5 Å². The van der Waals surface area contributed by atoms with Gasteiger partial charge in [-0.15, -0.1) is 0 Å². The van der Waals surface area contributed by atoms with Crippen molar-refractivity contribution in [1.29, 1.82) is 0 Å². The Bertz CT molecular complexity index is 914. The summed E-state index contributed by atoms with van der Waals surface area (Å²) in [6.07, 6.45) is 0. The van der Waals surface area contributed by atoms with E-state index in [4.69, 9.17) is 0 Å². The molecular weight excluding hydrogens is 372 g/mol. The molecule has 152 valence electrons. The number of hydrogen-bond donors (Lipinski definition) is 1. The SMILES string of the molecule is Cc1ccc([S+](c2ccc(C(C)(C)C)cc2)c2ccc(C(C)(C)C)cc2)c(O)c1. The Morgan fingerprint density at radius 2 is 1.03 bits per heavy atom. The minimum absolute atomic E-state index is 0.123. The van der Waals surface area contributed by atoms with Crippen LogP contribution in [0.2, 0.25) is 0 Å². The Kier molecular flexibility index (Phi) is 5.87. The molecule has 0 atom stereocenters. The summed E-state index contributed by atoms with van der Waals surface area (Å²) in [6, 6.07) is 23.8. The normalized spacial score (nSPS) is 12.4. The first kappa shape index (κ1) is 21.5. The van der Waals surface area contributed by atoms with Gasteiger partial charge in [0, 0.05) is 0 Å². The van der Waals surface area contributed by atoms with Crippen molar-refractivity contribution in [2.75, 3.05) is 0 Å². The van der Waals surface area contributed by atoms with Crippen LogP contribution in [-0.4, -0.2) is 5.11 Å². The van der Waals surface area contributed by atoms with E-state index in [0.29, 0.717) is 5.75 Å². The fourth-order valence-corrected chi connectivity index (χ4v) is 5.44. The van der Waals surface area contributed by atoms with Crippen LogP contribution in [0.5, 0.6) is 5.75 Å². The van der Waals surface area contributed by atoms with Crippen molar-refractivity contribution in [1.82, 2.24) is 0 Å². The van der Waals surface area contributed by atoms with Crippen molar-refractivity contribution in [3.8, 4) is 5.75 Å². The van der Waals surface area contributed by atoms with Crippen LogP contribution in [0.4, 0.5) is 0 Å². The molecule has 1 nitrogen and oxygen atoms in total. The average molecular weight is 406 g/mol. The highest BCUT2D eigenvalue weighted by Crippen LogP contribution is 2.38. The zero-order valence-corrected chi connectivity index (χ0v) is 19.5. The smallest absolute Gasteiger partial charge is 0.208 e. The third kappa shape index (κ3) is 4.87. The van der Waals surface area contributed by atoms with Crippen LogP contribution < -0.4 is 0 Å². The number of hydrogen-bond acceptors (Lipinski definition) is 1. The number of benzene rings is 3. The van der Waals surface area contributed by atoms with Gasteiger partial charge in [0.2, 0.25) is 4.90 Å². The highest BCUT2D eigenvalue weighted by atomic mass is 32.2. The van der Waals surface area contributed by atoms with E-state index in [1.54, 1.807) is 0 Å². The quantitative estimate of drug-likeness (QED) is 0.450. The van der Waals surface area contributed by atoms with Crippen LogP contribution >= 0.6 is 0 Å². The van der Waals surface area contributed by atoms with E-state index in [9.17, 15) is 5.11 Å². The van der Waals surface area contributed by atoms with E-state index >= 15 is 0 Å². The molecule has 0 fully saturated rings. The van der Waals surface area contributed by atoms with Crippen molar-refractivity contribution >= 4 is 10.9 Å². The zero-order chi connectivity index (χ0) is 21.4. The Morgan fingerprint density at radius 1 is 0.621 bits per heavy atom. The van der Waals surface area contributed by atoms with Crippen LogP contribution in [0, 0.1) is 6.92 Å². The van der Waals surface area contributed by atoms with Crippen LogP contribution in [0.25, 0.3) is 0 Å². The second-order valence-corrected chi connectivity index (χ2v) is 11.8. The largest absolute Gasteiger partial charge is 0.503 e. The fraction of sp³-hybridized carbons (Fsp3) is 0.333. The molecule has 0 unspecified atom stereocenters. The summed E-state index contributed by atoms with van der Waals surface area (Å²) in [5.41, 5.74) is 3.96. The molecule has 0 aliphatic carbocycles. The van der Waals surface area contributed by atoms with E-state index in [1.165, 1.54) is 20.9 Å². The summed E-state index contributed by atoms with van der Waals surface area (Å²) in [5, 5.41) is 10.8. The maximum absolute atomic E-state index is 10.8. The maximum Gasteiger partial charge on any atom is 0.208 e. The van der Waals surface area contributed by atoms with Gasteiger partial charge in [0.05, 0.1) is 0 Å². The number of phenolic OH excluding ortho intramolecular Hbond substituents is 1. The van der Waals surface area contributed by atoms with Gasteiger partial charge in [0.25, 0.3) is 0 Å². The van der Waals surface area contributed by atoms with E-state index in [2.05, 4.69) is 102 Å². The zero-order valence-electron chi connectivity index (χ0n) is 18.7. The summed E-state index contributed by atoms with van der Waals surface area (Å²) in [6.45, 7) is 15.4. The molecule has 0 aromatic heterocycles. The van der Waals surface area contributed by atoms with Crippen molar-refractivity contribution < 1.29 is 5.11 Å². The Balaban J connectivity index is 2.12. The third-order valence-corrected chi connectivity index (χ3v) is 7.52. The Hall–Kier alpha value is -2.19. The summed E-state index contributed by atoms with van der Waals surface area (Å²) >= 11 is 0. The molecule has 0 saturated carbocycles. The summed E-state index contributed by atoms with van der Waals surface area (Å²) in [7, 11) is -0.355. The van der Waals surface area contributed by atoms with Crippen molar-refractivity contribution in [3.63, 3.8) is 0 Å². The molecule has 3 aromatic carbocycles. The molecule has 29 heavy (non-hydrogen) atoms. The van der Waals surface area contributed by atoms with Crippen LogP contribution in [0.3, 0.4) is 0 Å². The van der Waals surface area contributed by atoms with E-state index in [0.717, 1.165) is 10.5 Å². The van der Waals surface area contributed by atoms with Crippen LogP contribution in [0.1, 0.15) is 58.2 Å². The van der Waals surface area contributed by atoms with Gasteiger partial charge in [0.1, 0.15) is 10.9 Å². The molecule has 0 spiro atoms. The Morgan fingerprint density at radius 3 is 1.38 bits per heavy atom. The molecular formula is C27H33OS+. The van der Waals surface area contributed by atoms with Gasteiger partial charge in [-0.3, -0.25) is 0 Å². The highest BCUT2D eigenvalue weighted by molar-refractivity contribution is 7.97. The lowest BCUT2D eigenvalue weighted by Gasteiger charge is -2.20. The lowest BCUT2D eigenvalue weighted by molar-refractivity contribution is 0.461. The number of aromatic hydroxyl groups is 1. The van der Waals surface area contributed by atoms with Crippen LogP contribution in [-0.2, 0) is 21.7 Å². The molecule has 0 aliphatic heterocycles. The van der Waals surface area contributed by atoms with E-state index in [1.807, 2.05) is 13.0 Å². The Labute approximate surface area is 179 Å². The minimum Gasteiger partial charge on any atom is -0.503 e. The molecule has 0 aliphatic rings. The second-order valence-electron chi connectivity index (χ2n) is 9.83. The standard InChI is InChI=1S/C27H32OS/c1-19-8-17-25(24(28)18-19)29(22-13-9-20(10-14-22)26(2,3)4)23-15-11-21(12-16-23)27(5,6)7/h8-18H,1-7H3/p+1. The maximum atomic E-state index is 10.8. The highest BCUT2D eigenvalue weighted by Gasteiger charge is 2.32. The topological polar surface area (TPSA) is 20.2 Å². The molecule has 3 rings (SSSR count). The van der Waals surface area contributed by atoms with Gasteiger partial charge < -0.3 is 5.11 Å². The van der Waals surface area contributed by atoms with Crippen molar-refractivity contribution in [2.24, 2.45) is 0 Å². The third-order valence-electron chi connectivity index (χ3n) is 5.25. The molecule has 0 amide bonds. The summed E-state index contributed by atoms with van der Waals surface area (Å²) in [5.74, 6) is 0.369. The molecule has 0 heterocycles. The number of aryl methyl sites for hydroxylation is 1. The van der Waals surface area contributed by atoms with Crippen molar-refractivity contribution in [3.05, 3.63) is 83.4 Å². The average Bonchev–Trinajstić information content (AvgIpc) is 2.63. The summed E-state index contributed by atoms with van der Waals surface area (Å²) < 4.78 is 0. The van der Waals surface area contributed by atoms with E-state index in [-0.39, 0.29) is 21.7 Å². The van der Waals surface area contributed by atoms with Crippen LogP contribution in [0.15, 0.2) is 81.4 Å². The lowest BCUT2D eigenvalue weighted by Crippen LogP contribution is -2.13. The van der Waals surface area contributed by atoms with E-state index < -0.39 is 0 Å². The first-order chi connectivity index (χ1) is 13.5. The molecule has 1 N–H and O–H groups in total. The number of rotatable bonds is 3. The number of phenols is 1. The molecule has 3 aromatic rings. The molecule has 0 radical (unpaired) electrons. The van der Waals surface area contributed by atoms with Crippen molar-refractivity contribution in [2.45, 2.75) is 74.0 Å². The monoisotopic (exact) mass is 405 g/mol. The van der Waals surface area contributed by atoms with Gasteiger partial charge in [-0.1, -0.05) is 71.9 Å². The van der Waals surface area contributed by atoms with Gasteiger partial charge in [-0.05, 0) is 70.8 Å². The predicted molar refractivity (Wildman–Crippen MR) is 125 cm³/mol. The lowest BCUT2D eigenvalue weighted by atomic mass is 9.87.